The summed E-state index contributed by atoms with van der Waals surface area (Å²) >= 11 is 6.65. The molecule has 0 saturated heterocycles. The topological polar surface area (TPSA) is 122 Å². The van der Waals surface area contributed by atoms with Gasteiger partial charge in [-0.3, -0.25) is 4.98 Å². The molecular formula is C31H30ClF3N10. The van der Waals surface area contributed by atoms with Gasteiger partial charge in [0.2, 0.25) is 0 Å². The summed E-state index contributed by atoms with van der Waals surface area (Å²) in [4.78, 5) is 8.66. The fourth-order valence-corrected chi connectivity index (χ4v) is 5.60. The maximum absolute atomic E-state index is 14.0. The largest absolute Gasteiger partial charge is 0.413 e. The Labute approximate surface area is 262 Å². The van der Waals surface area contributed by atoms with Crippen LogP contribution in [0.2, 0.25) is 5.02 Å². The second-order valence-corrected chi connectivity index (χ2v) is 12.9. The van der Waals surface area contributed by atoms with E-state index in [0.29, 0.717) is 39.4 Å². The lowest BCUT2D eigenvalue weighted by Gasteiger charge is -2.24. The second kappa shape index (κ2) is 11.0. The predicted octanol–water partition coefficient (Wildman–Crippen LogP) is 6.95. The second-order valence-electron chi connectivity index (χ2n) is 12.4. The Hall–Kier alpha value is -4.70. The first kappa shape index (κ1) is 30.3. The van der Waals surface area contributed by atoms with Crippen molar-refractivity contribution in [3.8, 4) is 11.8 Å². The van der Waals surface area contributed by atoms with Crippen molar-refractivity contribution in [2.75, 3.05) is 17.2 Å². The highest BCUT2D eigenvalue weighted by Gasteiger charge is 2.66. The fourth-order valence-electron chi connectivity index (χ4n) is 5.39. The van der Waals surface area contributed by atoms with Crippen LogP contribution < -0.4 is 10.6 Å². The van der Waals surface area contributed by atoms with E-state index >= 15 is 0 Å². The number of nitriles is 1. The van der Waals surface area contributed by atoms with Crippen LogP contribution in [-0.2, 0) is 5.54 Å². The monoisotopic (exact) mass is 634 g/mol. The molecule has 3 aromatic heterocycles. The number of alkyl halides is 3. The third kappa shape index (κ3) is 5.66. The molecule has 0 spiro atoms. The number of benzene rings is 2. The van der Waals surface area contributed by atoms with Crippen LogP contribution in [-0.4, -0.2) is 47.5 Å². The molecule has 5 aromatic rings. The SMILES string of the molecule is Cc1c([C@H](Nc2cc(Cl)cc3c(NCC(C)(C)C)c(C#N)cnc23)c2cn(C3(C(F)(F)F)CC3)nn2)cccc1-n1cncn1. The van der Waals surface area contributed by atoms with Crippen molar-refractivity contribution in [3.05, 3.63) is 82.8 Å². The van der Waals surface area contributed by atoms with Crippen molar-refractivity contribution in [1.82, 2.24) is 34.7 Å². The maximum atomic E-state index is 14.0. The van der Waals surface area contributed by atoms with E-state index < -0.39 is 17.8 Å². The molecule has 0 unspecified atom stereocenters. The average molecular weight is 635 g/mol. The standard InChI is InChI=1S/C31H30ClF3N10/c1-18-21(6-5-7-25(18)44-17-37-16-40-44)28(24-14-45(43-42-24)30(8-9-30)31(33,34)35)41-23-11-20(32)10-22-26(39-15-29(2,3)4)19(12-36)13-38-27(22)23/h5-7,10-11,13-14,16-17,28,41H,8-9,15H2,1-4H3,(H,38,39)/t28-/m0/s1. The quantitative estimate of drug-likeness (QED) is 0.188. The van der Waals surface area contributed by atoms with Gasteiger partial charge < -0.3 is 10.6 Å². The van der Waals surface area contributed by atoms with Gasteiger partial charge in [0.25, 0.3) is 0 Å². The van der Waals surface area contributed by atoms with Crippen LogP contribution in [0.1, 0.15) is 62.0 Å². The highest BCUT2D eigenvalue weighted by molar-refractivity contribution is 6.32. The zero-order valence-corrected chi connectivity index (χ0v) is 25.7. The highest BCUT2D eigenvalue weighted by Crippen LogP contribution is 2.55. The van der Waals surface area contributed by atoms with Gasteiger partial charge >= 0.3 is 6.18 Å². The zero-order chi connectivity index (χ0) is 32.1. The summed E-state index contributed by atoms with van der Waals surface area (Å²) in [7, 11) is 0. The molecule has 2 aromatic carbocycles. The van der Waals surface area contributed by atoms with Crippen LogP contribution in [0.4, 0.5) is 24.5 Å². The number of nitrogens with zero attached hydrogens (tertiary/aromatic N) is 8. The number of rotatable bonds is 8. The first-order valence-electron chi connectivity index (χ1n) is 14.3. The first-order chi connectivity index (χ1) is 21.3. The molecule has 14 heteroatoms. The Bertz CT molecular complexity index is 1920. The van der Waals surface area contributed by atoms with Crippen LogP contribution in [0.15, 0.2) is 55.4 Å². The van der Waals surface area contributed by atoms with Crippen molar-refractivity contribution in [2.45, 2.75) is 58.3 Å². The molecule has 3 heterocycles. The van der Waals surface area contributed by atoms with Gasteiger partial charge in [-0.15, -0.1) is 5.10 Å². The molecule has 2 N–H and O–H groups in total. The predicted molar refractivity (Wildman–Crippen MR) is 164 cm³/mol. The van der Waals surface area contributed by atoms with Gasteiger partial charge in [-0.1, -0.05) is 49.7 Å². The number of aromatic nitrogens is 7. The number of hydrogen-bond donors (Lipinski definition) is 2. The number of fused-ring (bicyclic) bond motifs is 1. The molecule has 1 aliphatic carbocycles. The number of anilines is 2. The van der Waals surface area contributed by atoms with Crippen LogP contribution in [0.3, 0.4) is 0 Å². The zero-order valence-electron chi connectivity index (χ0n) is 25.0. The summed E-state index contributed by atoms with van der Waals surface area (Å²) in [5, 5.41) is 30.2. The molecule has 1 fully saturated rings. The van der Waals surface area contributed by atoms with Crippen molar-refractivity contribution in [1.29, 1.82) is 5.26 Å². The first-order valence-corrected chi connectivity index (χ1v) is 14.7. The van der Waals surface area contributed by atoms with Crippen LogP contribution in [0.5, 0.6) is 0 Å². The number of pyridine rings is 1. The third-order valence-corrected chi connectivity index (χ3v) is 8.19. The van der Waals surface area contributed by atoms with Crippen LogP contribution >= 0.6 is 11.6 Å². The van der Waals surface area contributed by atoms with E-state index in [1.807, 2.05) is 25.1 Å². The molecule has 232 valence electrons. The van der Waals surface area contributed by atoms with E-state index in [9.17, 15) is 18.4 Å². The lowest BCUT2D eigenvalue weighted by atomic mass is 9.96. The highest BCUT2D eigenvalue weighted by atomic mass is 35.5. The molecular weight excluding hydrogens is 605 g/mol. The fraction of sp³-hybridized carbons (Fsp3) is 0.355. The van der Waals surface area contributed by atoms with E-state index in [0.717, 1.165) is 21.5 Å². The summed E-state index contributed by atoms with van der Waals surface area (Å²) in [5.74, 6) is 0. The average Bonchev–Trinajstić information content (AvgIpc) is 3.37. The molecule has 0 bridgehead atoms. The number of hydrogen-bond acceptors (Lipinski definition) is 8. The Morgan fingerprint density at radius 3 is 2.60 bits per heavy atom. The normalized spacial score (nSPS) is 15.1. The molecule has 0 amide bonds. The molecule has 10 nitrogen and oxygen atoms in total. The Morgan fingerprint density at radius 2 is 1.96 bits per heavy atom. The van der Waals surface area contributed by atoms with Crippen molar-refractivity contribution in [3.63, 3.8) is 0 Å². The van der Waals surface area contributed by atoms with E-state index in [1.165, 1.54) is 18.7 Å². The van der Waals surface area contributed by atoms with Crippen molar-refractivity contribution in [2.24, 2.45) is 5.41 Å². The van der Waals surface area contributed by atoms with Gasteiger partial charge in [0.05, 0.1) is 40.4 Å². The lowest BCUT2D eigenvalue weighted by molar-refractivity contribution is -0.182. The minimum absolute atomic E-state index is 0.0629. The van der Waals surface area contributed by atoms with E-state index in [2.05, 4.69) is 62.9 Å². The van der Waals surface area contributed by atoms with Crippen molar-refractivity contribution >= 4 is 33.9 Å². The molecule has 45 heavy (non-hydrogen) atoms. The molecule has 1 saturated carbocycles. The summed E-state index contributed by atoms with van der Waals surface area (Å²) in [6.07, 6.45) is 1.24. The number of halogens is 4. The Kier molecular flexibility index (Phi) is 7.43. The van der Waals surface area contributed by atoms with Gasteiger partial charge in [-0.25, -0.2) is 14.3 Å². The lowest BCUT2D eigenvalue weighted by Crippen LogP contribution is -2.35. The minimum Gasteiger partial charge on any atom is -0.383 e. The Balaban J connectivity index is 1.50. The third-order valence-electron chi connectivity index (χ3n) is 7.97. The number of nitrogens with one attached hydrogen (secondary N) is 2. The molecule has 0 radical (unpaired) electrons. The van der Waals surface area contributed by atoms with Crippen LogP contribution in [0.25, 0.3) is 16.6 Å². The van der Waals surface area contributed by atoms with E-state index in [1.54, 1.807) is 23.1 Å². The smallest absolute Gasteiger partial charge is 0.383 e. The maximum Gasteiger partial charge on any atom is 0.413 e. The summed E-state index contributed by atoms with van der Waals surface area (Å²) < 4.78 is 44.6. The van der Waals surface area contributed by atoms with Gasteiger partial charge in [-0.05, 0) is 54.5 Å². The van der Waals surface area contributed by atoms with E-state index in [4.69, 9.17) is 11.6 Å². The molecule has 1 atom stereocenters. The molecule has 0 aliphatic heterocycles. The van der Waals surface area contributed by atoms with Gasteiger partial charge in [-0.2, -0.15) is 23.5 Å². The van der Waals surface area contributed by atoms with Gasteiger partial charge in [0, 0.05) is 23.2 Å². The van der Waals surface area contributed by atoms with Crippen molar-refractivity contribution < 1.29 is 13.2 Å². The summed E-state index contributed by atoms with van der Waals surface area (Å²) in [6, 6.07) is 10.4. The Morgan fingerprint density at radius 1 is 1.18 bits per heavy atom. The van der Waals surface area contributed by atoms with Crippen LogP contribution in [0, 0.1) is 23.7 Å². The summed E-state index contributed by atoms with van der Waals surface area (Å²) in [5.41, 5.74) is 2.36. The van der Waals surface area contributed by atoms with E-state index in [-0.39, 0.29) is 24.0 Å². The minimum atomic E-state index is -4.47. The summed E-state index contributed by atoms with van der Waals surface area (Å²) in [6.45, 7) is 8.71. The molecule has 1 aliphatic rings. The molecule has 6 rings (SSSR count). The van der Waals surface area contributed by atoms with Gasteiger partial charge in [0.1, 0.15) is 24.4 Å². The van der Waals surface area contributed by atoms with Gasteiger partial charge in [0.15, 0.2) is 5.54 Å².